The fourth-order valence-electron chi connectivity index (χ4n) is 2.16. The second kappa shape index (κ2) is 3.53. The van der Waals surface area contributed by atoms with E-state index in [0.717, 1.165) is 34.3 Å². The van der Waals surface area contributed by atoms with E-state index in [-0.39, 0.29) is 11.5 Å². The molecule has 0 atom stereocenters. The number of aromatic amines is 1. The third-order valence-corrected chi connectivity index (χ3v) is 3.18. The van der Waals surface area contributed by atoms with E-state index in [1.165, 1.54) is 0 Å². The number of H-pyrrole nitrogens is 1. The smallest absolute Gasteiger partial charge is 0.275 e. The number of carbonyl (C=O) groups is 1. The molecule has 0 unspecified atom stereocenters. The van der Waals surface area contributed by atoms with Crippen LogP contribution in [0.15, 0.2) is 24.4 Å². The Morgan fingerprint density at radius 2 is 2.20 bits per heavy atom. The highest BCUT2D eigenvalue weighted by atomic mass is 19.1. The molecule has 0 saturated carbocycles. The van der Waals surface area contributed by atoms with Crippen molar-refractivity contribution in [3.63, 3.8) is 0 Å². The highest BCUT2D eigenvalue weighted by Gasteiger charge is 2.25. The van der Waals surface area contributed by atoms with Crippen LogP contribution in [0.5, 0.6) is 5.75 Å². The number of pyridine rings is 1. The van der Waals surface area contributed by atoms with E-state index in [0.29, 0.717) is 0 Å². The summed E-state index contributed by atoms with van der Waals surface area (Å²) in [6.07, 6.45) is 0.911. The van der Waals surface area contributed by atoms with Gasteiger partial charge in [-0.05, 0) is 17.7 Å². The Morgan fingerprint density at radius 3 is 3.00 bits per heavy atom. The normalized spacial score (nSPS) is 11.7. The van der Waals surface area contributed by atoms with Crippen LogP contribution in [0.1, 0.15) is 10.5 Å². The van der Waals surface area contributed by atoms with Gasteiger partial charge in [0.1, 0.15) is 17.0 Å². The van der Waals surface area contributed by atoms with Gasteiger partial charge in [0.05, 0.1) is 6.20 Å². The Balaban J connectivity index is 1.68. The van der Waals surface area contributed by atoms with Crippen molar-refractivity contribution in [2.45, 2.75) is 0 Å². The number of halogens is 1. The van der Waals surface area contributed by atoms with Crippen molar-refractivity contribution in [2.24, 2.45) is 0 Å². The zero-order chi connectivity index (χ0) is 13.9. The van der Waals surface area contributed by atoms with Crippen molar-refractivity contribution in [3.05, 3.63) is 35.9 Å². The van der Waals surface area contributed by atoms with Gasteiger partial charge in [0.15, 0.2) is 11.6 Å². The maximum Gasteiger partial charge on any atom is 0.275 e. The summed E-state index contributed by atoms with van der Waals surface area (Å²) in [5.41, 5.74) is 3.15. The molecular formula is C13H7FN4O2. The number of anilines is 1. The quantitative estimate of drug-likeness (QED) is 0.519. The fourth-order valence-corrected chi connectivity index (χ4v) is 2.16. The number of hydrogen-bond donors (Lipinski definition) is 3. The van der Waals surface area contributed by atoms with Crippen LogP contribution in [0.4, 0.5) is 10.2 Å². The molecule has 3 N–H and O–H groups in total. The van der Waals surface area contributed by atoms with E-state index in [2.05, 4.69) is 20.5 Å². The molecule has 0 spiro atoms. The molecule has 0 aromatic carbocycles. The van der Waals surface area contributed by atoms with Crippen LogP contribution < -0.4 is 5.32 Å². The summed E-state index contributed by atoms with van der Waals surface area (Å²) in [4.78, 5) is 15.7. The molecule has 0 aliphatic heterocycles. The summed E-state index contributed by atoms with van der Waals surface area (Å²) in [6.45, 7) is 0. The Labute approximate surface area is 111 Å². The van der Waals surface area contributed by atoms with E-state index in [4.69, 9.17) is 0 Å². The average Bonchev–Trinajstić information content (AvgIpc) is 2.89. The molecule has 98 valence electrons. The van der Waals surface area contributed by atoms with Gasteiger partial charge in [0, 0.05) is 17.0 Å². The van der Waals surface area contributed by atoms with Gasteiger partial charge in [-0.15, -0.1) is 0 Å². The number of rotatable bonds is 2. The van der Waals surface area contributed by atoms with Gasteiger partial charge in [-0.2, -0.15) is 5.10 Å². The first-order valence-electron chi connectivity index (χ1n) is 5.82. The van der Waals surface area contributed by atoms with E-state index >= 15 is 0 Å². The predicted molar refractivity (Wildman–Crippen MR) is 68.9 cm³/mol. The van der Waals surface area contributed by atoms with Gasteiger partial charge in [-0.1, -0.05) is 0 Å². The van der Waals surface area contributed by atoms with Crippen molar-refractivity contribution < 1.29 is 14.3 Å². The van der Waals surface area contributed by atoms with Gasteiger partial charge in [-0.25, -0.2) is 9.37 Å². The molecule has 20 heavy (non-hydrogen) atoms. The van der Waals surface area contributed by atoms with Crippen molar-refractivity contribution in [2.75, 3.05) is 5.32 Å². The molecule has 2 aliphatic rings. The van der Waals surface area contributed by atoms with Crippen LogP contribution >= 0.6 is 0 Å². The lowest BCUT2D eigenvalue weighted by Gasteiger charge is -2.04. The first-order chi connectivity index (χ1) is 9.63. The maximum atomic E-state index is 12.8. The van der Waals surface area contributed by atoms with Gasteiger partial charge in [0.25, 0.3) is 5.91 Å². The molecule has 2 aliphatic carbocycles. The minimum absolute atomic E-state index is 0.102. The number of nitrogens with one attached hydrogen (secondary N) is 2. The third-order valence-electron chi connectivity index (χ3n) is 3.18. The lowest BCUT2D eigenvalue weighted by molar-refractivity contribution is 0.102. The second-order valence-electron chi connectivity index (χ2n) is 4.49. The van der Waals surface area contributed by atoms with Crippen LogP contribution in [0.2, 0.25) is 0 Å². The molecule has 2 heterocycles. The van der Waals surface area contributed by atoms with E-state index in [9.17, 15) is 14.3 Å². The number of hydrogen-bond acceptors (Lipinski definition) is 4. The molecular weight excluding hydrogens is 263 g/mol. The lowest BCUT2D eigenvalue weighted by atomic mass is 10.2. The van der Waals surface area contributed by atoms with Crippen LogP contribution in [0.3, 0.4) is 0 Å². The van der Waals surface area contributed by atoms with E-state index < -0.39 is 17.5 Å². The summed E-state index contributed by atoms with van der Waals surface area (Å²) < 4.78 is 12.8. The molecule has 0 fully saturated rings. The van der Waals surface area contributed by atoms with Crippen LogP contribution in [-0.4, -0.2) is 26.2 Å². The van der Waals surface area contributed by atoms with E-state index in [1.54, 1.807) is 0 Å². The van der Waals surface area contributed by atoms with Crippen molar-refractivity contribution in [3.8, 4) is 16.9 Å². The molecule has 7 heteroatoms. The number of nitrogens with zero attached hydrogens (tertiary/aromatic N) is 2. The minimum atomic E-state index is -0.681. The maximum absolute atomic E-state index is 12.8. The van der Waals surface area contributed by atoms with Crippen LogP contribution in [-0.2, 0) is 0 Å². The van der Waals surface area contributed by atoms with Crippen molar-refractivity contribution in [1.29, 1.82) is 0 Å². The molecule has 0 bridgehead atoms. The molecule has 4 rings (SSSR count). The zero-order valence-electron chi connectivity index (χ0n) is 9.94. The first-order valence-corrected chi connectivity index (χ1v) is 5.82. The Kier molecular flexibility index (Phi) is 1.93. The average molecular weight is 270 g/mol. The van der Waals surface area contributed by atoms with Crippen LogP contribution in [0, 0.1) is 5.82 Å². The zero-order valence-corrected chi connectivity index (χ0v) is 9.94. The highest BCUT2D eigenvalue weighted by molar-refractivity contribution is 6.17. The SMILES string of the molecule is O=C(Nc1ncc(F)cc1O)c1[nH]nc2c3cc-3cc12. The molecule has 2 aromatic rings. The monoisotopic (exact) mass is 270 g/mol. The van der Waals surface area contributed by atoms with Crippen molar-refractivity contribution in [1.82, 2.24) is 15.2 Å². The van der Waals surface area contributed by atoms with Gasteiger partial charge >= 0.3 is 0 Å². The number of carbonyl (C=O) groups excluding carboxylic acids is 1. The lowest BCUT2D eigenvalue weighted by Crippen LogP contribution is -2.14. The Hall–Kier alpha value is -2.96. The first kappa shape index (κ1) is 10.9. The fraction of sp³-hybridized carbons (Fsp3) is 0. The highest BCUT2D eigenvalue weighted by Crippen LogP contribution is 2.43. The number of aromatic nitrogens is 3. The summed E-state index contributed by atoms with van der Waals surface area (Å²) in [5, 5.41) is 19.4. The van der Waals surface area contributed by atoms with Crippen LogP contribution in [0.25, 0.3) is 22.0 Å². The number of amides is 1. The molecule has 6 nitrogen and oxygen atoms in total. The van der Waals surface area contributed by atoms with E-state index in [1.807, 2.05) is 12.1 Å². The second-order valence-corrected chi connectivity index (χ2v) is 4.49. The topological polar surface area (TPSA) is 90.9 Å². The summed E-state index contributed by atoms with van der Waals surface area (Å²) in [5.74, 6) is -1.71. The molecule has 2 aromatic heterocycles. The number of aromatic hydroxyl groups is 1. The summed E-state index contributed by atoms with van der Waals surface area (Å²) in [6, 6.07) is 4.71. The van der Waals surface area contributed by atoms with Crippen molar-refractivity contribution >= 4 is 22.6 Å². The summed E-state index contributed by atoms with van der Waals surface area (Å²) in [7, 11) is 0. The molecule has 1 amide bonds. The van der Waals surface area contributed by atoms with Gasteiger partial charge in [0.2, 0.25) is 0 Å². The largest absolute Gasteiger partial charge is 0.504 e. The third kappa shape index (κ3) is 1.46. The van der Waals surface area contributed by atoms with Gasteiger partial charge < -0.3 is 10.4 Å². The number of benzene rings is 1. The Bertz CT molecular complexity index is 887. The summed E-state index contributed by atoms with van der Waals surface area (Å²) >= 11 is 0. The number of fused-ring (bicyclic) bond motifs is 3. The minimum Gasteiger partial charge on any atom is -0.504 e. The predicted octanol–water partition coefficient (Wildman–Crippen LogP) is 2.04. The molecule has 0 saturated heterocycles. The standard InChI is InChI=1S/C13H7FN4O2/c14-6-3-9(19)12(15-4-6)16-13(20)11-8-2-5-1-7(5)10(8)17-18-11/h1-4,19H,(H,17,18)(H,15,16,20). The van der Waals surface area contributed by atoms with Gasteiger partial charge in [-0.3, -0.25) is 9.89 Å². The molecule has 0 radical (unpaired) electrons. The Morgan fingerprint density at radius 1 is 1.35 bits per heavy atom.